The lowest BCUT2D eigenvalue weighted by Crippen LogP contribution is -2.49. The number of hydrogen-bond acceptors (Lipinski definition) is 2. The molecule has 3 aliphatic rings. The van der Waals surface area contributed by atoms with Crippen LogP contribution >= 0.6 is 0 Å². The van der Waals surface area contributed by atoms with Crippen LogP contribution in [0.4, 0.5) is 4.79 Å². The third-order valence-electron chi connectivity index (χ3n) is 7.50. The molecule has 1 aliphatic heterocycles. The molecule has 0 bridgehead atoms. The fourth-order valence-electron chi connectivity index (χ4n) is 5.69. The van der Waals surface area contributed by atoms with E-state index in [0.29, 0.717) is 11.3 Å². The predicted octanol–water partition coefficient (Wildman–Crippen LogP) is 7.13. The van der Waals surface area contributed by atoms with Crippen LogP contribution in [0.2, 0.25) is 0 Å². The second-order valence-corrected chi connectivity index (χ2v) is 11.0. The number of nitrogens with zero attached hydrogens (tertiary/aromatic N) is 1. The van der Waals surface area contributed by atoms with E-state index in [0.717, 1.165) is 31.8 Å². The van der Waals surface area contributed by atoms with Gasteiger partial charge in [0, 0.05) is 13.1 Å². The van der Waals surface area contributed by atoms with Crippen molar-refractivity contribution >= 4 is 6.09 Å². The summed E-state index contributed by atoms with van der Waals surface area (Å²) in [7, 11) is 0. The number of ether oxygens (including phenoxy) is 1. The minimum absolute atomic E-state index is 0.153. The van der Waals surface area contributed by atoms with Gasteiger partial charge in [-0.2, -0.15) is 0 Å². The van der Waals surface area contributed by atoms with Crippen molar-refractivity contribution < 1.29 is 9.53 Å². The van der Waals surface area contributed by atoms with E-state index in [9.17, 15) is 4.79 Å². The average Bonchev–Trinajstić information content (AvgIpc) is 3.56. The molecule has 1 amide bonds. The predicted molar refractivity (Wildman–Crippen MR) is 125 cm³/mol. The van der Waals surface area contributed by atoms with Crippen molar-refractivity contribution in [1.29, 1.82) is 0 Å². The number of amides is 1. The second kappa shape index (κ2) is 7.69. The zero-order chi connectivity index (χ0) is 21.6. The van der Waals surface area contributed by atoms with E-state index in [2.05, 4.69) is 48.5 Å². The number of carbonyl (C=O) groups excluding carboxylic acids is 1. The monoisotopic (exact) mass is 417 g/mol. The van der Waals surface area contributed by atoms with Crippen LogP contribution in [0.15, 0.2) is 48.5 Å². The van der Waals surface area contributed by atoms with E-state index in [1.54, 1.807) is 0 Å². The van der Waals surface area contributed by atoms with Crippen LogP contribution < -0.4 is 0 Å². The summed E-state index contributed by atoms with van der Waals surface area (Å²) in [4.78, 5) is 14.3. The van der Waals surface area contributed by atoms with Gasteiger partial charge in [0.1, 0.15) is 5.60 Å². The molecule has 0 atom stereocenters. The van der Waals surface area contributed by atoms with Crippen molar-refractivity contribution in [3.8, 4) is 11.1 Å². The molecule has 0 radical (unpaired) electrons. The number of benzene rings is 2. The van der Waals surface area contributed by atoms with Crippen molar-refractivity contribution in [3.63, 3.8) is 0 Å². The van der Waals surface area contributed by atoms with Crippen LogP contribution in [0.5, 0.6) is 0 Å². The molecule has 1 saturated heterocycles. The molecule has 31 heavy (non-hydrogen) atoms. The first kappa shape index (κ1) is 20.6. The summed E-state index contributed by atoms with van der Waals surface area (Å²) in [5.74, 6) is 1.39. The molecule has 5 rings (SSSR count). The lowest BCUT2D eigenvalue weighted by molar-refractivity contribution is -0.0120. The number of carbonyl (C=O) groups is 1. The Morgan fingerprint density at radius 3 is 1.90 bits per heavy atom. The summed E-state index contributed by atoms with van der Waals surface area (Å²) >= 11 is 0. The number of hydrogen-bond donors (Lipinski definition) is 0. The summed E-state index contributed by atoms with van der Waals surface area (Å²) in [6.07, 6.45) is 7.21. The molecular formula is C28H35NO2. The third-order valence-corrected chi connectivity index (χ3v) is 7.50. The van der Waals surface area contributed by atoms with E-state index in [1.165, 1.54) is 47.9 Å². The van der Waals surface area contributed by atoms with Gasteiger partial charge in [-0.3, -0.25) is 0 Å². The summed E-state index contributed by atoms with van der Waals surface area (Å²) in [5, 5.41) is 0. The van der Waals surface area contributed by atoms with Gasteiger partial charge in [-0.25, -0.2) is 4.79 Å². The van der Waals surface area contributed by atoms with Gasteiger partial charge in [0.2, 0.25) is 0 Å². The normalized spacial score (nSPS) is 21.1. The van der Waals surface area contributed by atoms with E-state index in [-0.39, 0.29) is 6.09 Å². The maximum Gasteiger partial charge on any atom is 0.410 e. The molecule has 3 fully saturated rings. The third kappa shape index (κ3) is 4.24. The molecule has 0 aromatic heterocycles. The molecule has 2 aromatic rings. The highest BCUT2D eigenvalue weighted by Crippen LogP contribution is 2.58. The van der Waals surface area contributed by atoms with Gasteiger partial charge < -0.3 is 9.64 Å². The molecular weight excluding hydrogens is 382 g/mol. The van der Waals surface area contributed by atoms with Gasteiger partial charge in [0.05, 0.1) is 0 Å². The molecule has 1 heterocycles. The van der Waals surface area contributed by atoms with Crippen LogP contribution in [-0.2, 0) is 4.74 Å². The Balaban J connectivity index is 1.27. The van der Waals surface area contributed by atoms with Crippen LogP contribution in [0, 0.1) is 5.41 Å². The second-order valence-electron chi connectivity index (χ2n) is 11.0. The quantitative estimate of drug-likeness (QED) is 0.532. The van der Waals surface area contributed by atoms with E-state index >= 15 is 0 Å². The summed E-state index contributed by atoms with van der Waals surface area (Å²) in [5.41, 5.74) is 5.93. The van der Waals surface area contributed by atoms with Crippen molar-refractivity contribution in [2.45, 2.75) is 76.7 Å². The fourth-order valence-corrected chi connectivity index (χ4v) is 5.69. The minimum Gasteiger partial charge on any atom is -0.444 e. The summed E-state index contributed by atoms with van der Waals surface area (Å²) in [6.45, 7) is 7.46. The Morgan fingerprint density at radius 2 is 1.39 bits per heavy atom. The number of rotatable bonds is 3. The molecule has 2 aromatic carbocycles. The van der Waals surface area contributed by atoms with Gasteiger partial charge in [-0.05, 0) is 98.8 Å². The highest BCUT2D eigenvalue weighted by Gasteiger charge is 2.47. The Labute approximate surface area is 186 Å². The molecule has 3 heteroatoms. The van der Waals surface area contributed by atoms with E-state index < -0.39 is 5.60 Å². The standard InChI is InChI=1S/C28H35NO2/c1-27(2,3)31-26(30)29-16-14-28(15-17-29)18-21(19-28)23-9-5-7-11-25(23)24-10-6-4-8-22(24)20-12-13-20/h4-11,20-21H,12-19H2,1-3H3. The van der Waals surface area contributed by atoms with Crippen LogP contribution in [-0.4, -0.2) is 29.7 Å². The molecule has 164 valence electrons. The minimum atomic E-state index is -0.422. The first-order valence-electron chi connectivity index (χ1n) is 12.0. The summed E-state index contributed by atoms with van der Waals surface area (Å²) < 4.78 is 5.57. The number of piperidine rings is 1. The van der Waals surface area contributed by atoms with Gasteiger partial charge in [-0.1, -0.05) is 48.5 Å². The zero-order valence-electron chi connectivity index (χ0n) is 19.2. The van der Waals surface area contributed by atoms with Crippen LogP contribution in [0.1, 0.15) is 82.3 Å². The topological polar surface area (TPSA) is 29.5 Å². The van der Waals surface area contributed by atoms with E-state index in [1.807, 2.05) is 25.7 Å². The smallest absolute Gasteiger partial charge is 0.410 e. The van der Waals surface area contributed by atoms with Crippen molar-refractivity contribution in [1.82, 2.24) is 4.90 Å². The molecule has 0 N–H and O–H groups in total. The molecule has 1 spiro atoms. The van der Waals surface area contributed by atoms with Gasteiger partial charge in [0.25, 0.3) is 0 Å². The Bertz CT molecular complexity index is 953. The van der Waals surface area contributed by atoms with Crippen LogP contribution in [0.3, 0.4) is 0 Å². The Morgan fingerprint density at radius 1 is 0.871 bits per heavy atom. The van der Waals surface area contributed by atoms with Crippen LogP contribution in [0.25, 0.3) is 11.1 Å². The lowest BCUT2D eigenvalue weighted by Gasteiger charge is -2.52. The van der Waals surface area contributed by atoms with Gasteiger partial charge >= 0.3 is 6.09 Å². The van der Waals surface area contributed by atoms with Crippen molar-refractivity contribution in [3.05, 3.63) is 59.7 Å². The van der Waals surface area contributed by atoms with Crippen molar-refractivity contribution in [2.24, 2.45) is 5.41 Å². The van der Waals surface area contributed by atoms with Gasteiger partial charge in [-0.15, -0.1) is 0 Å². The lowest BCUT2D eigenvalue weighted by atomic mass is 9.55. The van der Waals surface area contributed by atoms with E-state index in [4.69, 9.17) is 4.74 Å². The molecule has 0 unspecified atom stereocenters. The first-order chi connectivity index (χ1) is 14.8. The number of likely N-dealkylation sites (tertiary alicyclic amines) is 1. The highest BCUT2D eigenvalue weighted by atomic mass is 16.6. The maximum absolute atomic E-state index is 12.4. The zero-order valence-corrected chi connectivity index (χ0v) is 19.2. The largest absolute Gasteiger partial charge is 0.444 e. The fraction of sp³-hybridized carbons (Fsp3) is 0.536. The first-order valence-corrected chi connectivity index (χ1v) is 12.0. The SMILES string of the molecule is CC(C)(C)OC(=O)N1CCC2(CC1)CC(c1ccccc1-c1ccccc1C1CC1)C2. The highest BCUT2D eigenvalue weighted by molar-refractivity contribution is 5.73. The van der Waals surface area contributed by atoms with Gasteiger partial charge in [0.15, 0.2) is 0 Å². The Hall–Kier alpha value is -2.29. The molecule has 3 nitrogen and oxygen atoms in total. The molecule has 2 aliphatic carbocycles. The molecule has 2 saturated carbocycles. The Kier molecular flexibility index (Phi) is 5.11. The maximum atomic E-state index is 12.4. The average molecular weight is 418 g/mol. The summed E-state index contributed by atoms with van der Waals surface area (Å²) in [6, 6.07) is 18.1. The van der Waals surface area contributed by atoms with Crippen molar-refractivity contribution in [2.75, 3.05) is 13.1 Å².